The van der Waals surface area contributed by atoms with Gasteiger partial charge in [-0.25, -0.2) is 10.2 Å². The molecule has 3 N–H and O–H groups in total. The number of esters is 1. The van der Waals surface area contributed by atoms with Crippen LogP contribution in [0.25, 0.3) is 0 Å². The van der Waals surface area contributed by atoms with Crippen molar-refractivity contribution in [2.75, 3.05) is 7.11 Å². The third-order valence-electron chi connectivity index (χ3n) is 1.74. The molecule has 0 aromatic heterocycles. The van der Waals surface area contributed by atoms with E-state index in [0.29, 0.717) is 0 Å². The van der Waals surface area contributed by atoms with Crippen LogP contribution in [0, 0.1) is 0 Å². The van der Waals surface area contributed by atoms with Crippen LogP contribution in [0.2, 0.25) is 0 Å². The van der Waals surface area contributed by atoms with Gasteiger partial charge >= 0.3 is 5.97 Å². The molecule has 0 spiro atoms. The average Bonchev–Trinajstić information content (AvgIpc) is 2.20. The third-order valence-corrected chi connectivity index (χ3v) is 1.74. The normalized spacial score (nSPS) is 12.2. The summed E-state index contributed by atoms with van der Waals surface area (Å²) in [5, 5.41) is 0. The molecular weight excluding hydrogens is 168 g/mol. The van der Waals surface area contributed by atoms with E-state index in [2.05, 4.69) is 10.2 Å². The van der Waals surface area contributed by atoms with Crippen LogP contribution in [0.3, 0.4) is 0 Å². The molecule has 1 rings (SSSR count). The lowest BCUT2D eigenvalue weighted by Crippen LogP contribution is -2.34. The number of hydrazine groups is 1. The largest absolute Gasteiger partial charge is 0.468 e. The number of carbonyl (C=O) groups is 1. The van der Waals surface area contributed by atoms with Gasteiger partial charge in [0.15, 0.2) is 0 Å². The second kappa shape index (κ2) is 4.59. The van der Waals surface area contributed by atoms with E-state index in [-0.39, 0.29) is 0 Å². The van der Waals surface area contributed by atoms with Crippen LogP contribution in [0.4, 0.5) is 0 Å². The van der Waals surface area contributed by atoms with Crippen LogP contribution in [-0.4, -0.2) is 13.1 Å². The van der Waals surface area contributed by atoms with Crippen LogP contribution in [-0.2, 0) is 9.53 Å². The summed E-state index contributed by atoms with van der Waals surface area (Å²) in [4.78, 5) is 11.2. The summed E-state index contributed by atoms with van der Waals surface area (Å²) < 4.78 is 4.58. The molecule has 0 fully saturated rings. The summed E-state index contributed by atoms with van der Waals surface area (Å²) in [6.45, 7) is 0. The minimum Gasteiger partial charge on any atom is -0.468 e. The Morgan fingerprint density at radius 1 is 1.46 bits per heavy atom. The predicted molar refractivity (Wildman–Crippen MR) is 48.5 cm³/mol. The zero-order valence-electron chi connectivity index (χ0n) is 7.36. The van der Waals surface area contributed by atoms with Gasteiger partial charge in [-0.3, -0.25) is 5.84 Å². The molecule has 1 aromatic carbocycles. The lowest BCUT2D eigenvalue weighted by Gasteiger charge is -2.12. The number of nitrogens with one attached hydrogen (secondary N) is 1. The smallest absolute Gasteiger partial charge is 0.328 e. The second-order valence-corrected chi connectivity index (χ2v) is 2.53. The highest BCUT2D eigenvalue weighted by Gasteiger charge is 2.18. The van der Waals surface area contributed by atoms with E-state index in [0.717, 1.165) is 5.56 Å². The van der Waals surface area contributed by atoms with Crippen molar-refractivity contribution >= 4 is 5.97 Å². The molecule has 4 nitrogen and oxygen atoms in total. The predicted octanol–water partition coefficient (Wildman–Crippen LogP) is 0.364. The molecule has 70 valence electrons. The fourth-order valence-electron chi connectivity index (χ4n) is 1.06. The highest BCUT2D eigenvalue weighted by atomic mass is 16.5. The van der Waals surface area contributed by atoms with Gasteiger partial charge in [0.05, 0.1) is 7.11 Å². The molecule has 0 aliphatic heterocycles. The highest BCUT2D eigenvalue weighted by Crippen LogP contribution is 2.12. The van der Waals surface area contributed by atoms with E-state index in [1.54, 1.807) is 12.1 Å². The van der Waals surface area contributed by atoms with Gasteiger partial charge in [-0.05, 0) is 5.56 Å². The van der Waals surface area contributed by atoms with E-state index in [1.165, 1.54) is 7.11 Å². The number of hydrogen-bond donors (Lipinski definition) is 2. The molecule has 0 heterocycles. The van der Waals surface area contributed by atoms with Gasteiger partial charge in [-0.2, -0.15) is 0 Å². The Bertz CT molecular complexity index is 274. The van der Waals surface area contributed by atoms with Crippen molar-refractivity contribution in [1.29, 1.82) is 0 Å². The maximum absolute atomic E-state index is 11.2. The molecule has 0 amide bonds. The topological polar surface area (TPSA) is 64.3 Å². The first-order chi connectivity index (χ1) is 6.29. The van der Waals surface area contributed by atoms with Gasteiger partial charge in [0.1, 0.15) is 6.04 Å². The van der Waals surface area contributed by atoms with Crippen molar-refractivity contribution < 1.29 is 9.53 Å². The summed E-state index contributed by atoms with van der Waals surface area (Å²) in [5.41, 5.74) is 3.18. The lowest BCUT2D eigenvalue weighted by molar-refractivity contribution is -0.143. The molecule has 1 aromatic rings. The molecule has 0 radical (unpaired) electrons. The minimum atomic E-state index is -0.591. The van der Waals surface area contributed by atoms with Crippen molar-refractivity contribution in [3.63, 3.8) is 0 Å². The number of hydrogen-bond acceptors (Lipinski definition) is 4. The second-order valence-electron chi connectivity index (χ2n) is 2.53. The zero-order chi connectivity index (χ0) is 9.68. The minimum absolute atomic E-state index is 0.395. The van der Waals surface area contributed by atoms with Crippen molar-refractivity contribution in [1.82, 2.24) is 5.43 Å². The Balaban J connectivity index is 2.85. The zero-order valence-corrected chi connectivity index (χ0v) is 7.36. The summed E-state index contributed by atoms with van der Waals surface area (Å²) >= 11 is 0. The van der Waals surface area contributed by atoms with Gasteiger partial charge in [0.25, 0.3) is 0 Å². The van der Waals surface area contributed by atoms with E-state index in [9.17, 15) is 4.79 Å². The molecule has 1 atom stereocenters. The van der Waals surface area contributed by atoms with E-state index in [1.807, 2.05) is 18.2 Å². The number of methoxy groups -OCH3 is 1. The van der Waals surface area contributed by atoms with Crippen LogP contribution in [0.1, 0.15) is 11.6 Å². The van der Waals surface area contributed by atoms with Crippen LogP contribution in [0.15, 0.2) is 30.3 Å². The number of rotatable bonds is 3. The SMILES string of the molecule is COC(=O)[C@H](NN)c1ccccc1. The molecule has 0 bridgehead atoms. The number of ether oxygens (including phenoxy) is 1. The molecule has 0 aliphatic carbocycles. The molecular formula is C9H12N2O2. The summed E-state index contributed by atoms with van der Waals surface area (Å²) in [6.07, 6.45) is 0. The first-order valence-corrected chi connectivity index (χ1v) is 3.88. The molecule has 0 saturated heterocycles. The maximum atomic E-state index is 11.2. The molecule has 4 heteroatoms. The van der Waals surface area contributed by atoms with Gasteiger partial charge in [0.2, 0.25) is 0 Å². The van der Waals surface area contributed by atoms with Crippen molar-refractivity contribution in [2.45, 2.75) is 6.04 Å². The highest BCUT2D eigenvalue weighted by molar-refractivity contribution is 5.77. The number of carbonyl (C=O) groups excluding carboxylic acids is 1. The Hall–Kier alpha value is -1.39. The van der Waals surface area contributed by atoms with Crippen molar-refractivity contribution in [2.24, 2.45) is 5.84 Å². The van der Waals surface area contributed by atoms with Gasteiger partial charge < -0.3 is 4.74 Å². The molecule has 0 unspecified atom stereocenters. The van der Waals surface area contributed by atoms with Crippen molar-refractivity contribution in [3.05, 3.63) is 35.9 Å². The summed E-state index contributed by atoms with van der Waals surface area (Å²) in [5.74, 6) is 4.84. The standard InChI is InChI=1S/C9H12N2O2/c1-13-9(12)8(11-10)7-5-3-2-4-6-7/h2-6,8,11H,10H2,1H3/t8-/m1/s1. The van der Waals surface area contributed by atoms with Gasteiger partial charge in [-0.1, -0.05) is 30.3 Å². The van der Waals surface area contributed by atoms with E-state index >= 15 is 0 Å². The molecule has 0 aliphatic rings. The fourth-order valence-corrected chi connectivity index (χ4v) is 1.06. The van der Waals surface area contributed by atoms with Crippen LogP contribution in [0.5, 0.6) is 0 Å². The Labute approximate surface area is 76.7 Å². The first-order valence-electron chi connectivity index (χ1n) is 3.88. The lowest BCUT2D eigenvalue weighted by atomic mass is 10.1. The summed E-state index contributed by atoms with van der Waals surface area (Å²) in [7, 11) is 1.33. The quantitative estimate of drug-likeness (QED) is 0.400. The molecule has 13 heavy (non-hydrogen) atoms. The van der Waals surface area contributed by atoms with Crippen molar-refractivity contribution in [3.8, 4) is 0 Å². The monoisotopic (exact) mass is 180 g/mol. The first kappa shape index (κ1) is 9.70. The fraction of sp³-hybridized carbons (Fsp3) is 0.222. The van der Waals surface area contributed by atoms with E-state index < -0.39 is 12.0 Å². The van der Waals surface area contributed by atoms with Crippen LogP contribution < -0.4 is 11.3 Å². The Kier molecular flexibility index (Phi) is 3.42. The number of benzene rings is 1. The van der Waals surface area contributed by atoms with Crippen LogP contribution >= 0.6 is 0 Å². The van der Waals surface area contributed by atoms with Gasteiger partial charge in [-0.15, -0.1) is 0 Å². The Morgan fingerprint density at radius 2 is 2.08 bits per heavy atom. The van der Waals surface area contributed by atoms with E-state index in [4.69, 9.17) is 5.84 Å². The summed E-state index contributed by atoms with van der Waals surface area (Å²) in [6, 6.07) is 8.56. The average molecular weight is 180 g/mol. The third kappa shape index (κ3) is 2.27. The van der Waals surface area contributed by atoms with Gasteiger partial charge in [0, 0.05) is 0 Å². The maximum Gasteiger partial charge on any atom is 0.328 e. The molecule has 0 saturated carbocycles. The number of nitrogens with two attached hydrogens (primary N) is 1. The Morgan fingerprint density at radius 3 is 2.54 bits per heavy atom.